The average molecular weight is 421 g/mol. The van der Waals surface area contributed by atoms with E-state index in [1.54, 1.807) is 13.4 Å². The summed E-state index contributed by atoms with van der Waals surface area (Å²) >= 11 is 0. The Kier molecular flexibility index (Phi) is 5.23. The minimum atomic E-state index is -0.470. The van der Waals surface area contributed by atoms with Gasteiger partial charge in [-0.1, -0.05) is 12.1 Å². The van der Waals surface area contributed by atoms with Crippen LogP contribution in [0, 0.1) is 0 Å². The van der Waals surface area contributed by atoms with E-state index in [0.717, 1.165) is 67.2 Å². The zero-order valence-corrected chi connectivity index (χ0v) is 17.8. The van der Waals surface area contributed by atoms with Gasteiger partial charge in [0.2, 0.25) is 5.91 Å². The minimum Gasteiger partial charge on any atom is -0.497 e. The highest BCUT2D eigenvalue weighted by molar-refractivity contribution is 5.90. The fourth-order valence-corrected chi connectivity index (χ4v) is 4.92. The van der Waals surface area contributed by atoms with Gasteiger partial charge in [0.05, 0.1) is 17.9 Å². The number of nitrogens with zero attached hydrogens (tertiary/aromatic N) is 4. The van der Waals surface area contributed by atoms with Gasteiger partial charge in [0.1, 0.15) is 23.5 Å². The second-order valence-electron chi connectivity index (χ2n) is 8.28. The summed E-state index contributed by atoms with van der Waals surface area (Å²) in [6.07, 6.45) is 5.11. The van der Waals surface area contributed by atoms with Crippen LogP contribution in [0.25, 0.3) is 11.0 Å². The second kappa shape index (κ2) is 8.19. The van der Waals surface area contributed by atoms with Gasteiger partial charge in [-0.2, -0.15) is 0 Å². The lowest BCUT2D eigenvalue weighted by Gasteiger charge is -2.43. The van der Waals surface area contributed by atoms with Crippen LogP contribution in [0.5, 0.6) is 5.75 Å². The number of piperazine rings is 1. The van der Waals surface area contributed by atoms with Crippen molar-refractivity contribution in [3.63, 3.8) is 0 Å². The molecule has 5 rings (SSSR count). The standard InChI is InChI=1S/C23H28N6O2/c1-31-18-4-2-17(3-5-18)23(7-10-24-11-8-23)22(30)29-14-12-28(13-15-29)21-19-6-9-25-20(19)26-16-27-21/h2-6,9,16,24H,7-8,10-15H2,1H3,(H,25,26,27). The first-order valence-electron chi connectivity index (χ1n) is 10.9. The number of rotatable bonds is 4. The summed E-state index contributed by atoms with van der Waals surface area (Å²) in [6, 6.07) is 10.0. The molecule has 2 saturated heterocycles. The van der Waals surface area contributed by atoms with Crippen molar-refractivity contribution < 1.29 is 9.53 Å². The van der Waals surface area contributed by atoms with Crippen LogP contribution in [0.3, 0.4) is 0 Å². The number of fused-ring (bicyclic) bond motifs is 1. The number of hydrogen-bond donors (Lipinski definition) is 2. The van der Waals surface area contributed by atoms with Crippen molar-refractivity contribution in [2.75, 3.05) is 51.3 Å². The highest BCUT2D eigenvalue weighted by atomic mass is 16.5. The molecule has 0 atom stereocenters. The Bertz CT molecular complexity index is 1050. The molecule has 1 amide bonds. The predicted molar refractivity (Wildman–Crippen MR) is 119 cm³/mol. The summed E-state index contributed by atoms with van der Waals surface area (Å²) < 4.78 is 5.32. The number of amides is 1. The first-order chi connectivity index (χ1) is 15.2. The number of methoxy groups -OCH3 is 1. The van der Waals surface area contributed by atoms with Gasteiger partial charge in [-0.25, -0.2) is 9.97 Å². The lowest BCUT2D eigenvalue weighted by atomic mass is 9.72. The van der Waals surface area contributed by atoms with E-state index in [1.807, 2.05) is 29.3 Å². The molecule has 2 N–H and O–H groups in total. The average Bonchev–Trinajstić information content (AvgIpc) is 3.33. The van der Waals surface area contributed by atoms with E-state index < -0.39 is 5.41 Å². The third-order valence-corrected chi connectivity index (χ3v) is 6.71. The predicted octanol–water partition coefficient (Wildman–Crippen LogP) is 1.94. The normalized spacial score (nSPS) is 18.9. The molecule has 4 heterocycles. The van der Waals surface area contributed by atoms with Crippen LogP contribution in [0.4, 0.5) is 5.82 Å². The van der Waals surface area contributed by atoms with Crippen LogP contribution in [0.15, 0.2) is 42.9 Å². The van der Waals surface area contributed by atoms with E-state index in [-0.39, 0.29) is 5.91 Å². The fourth-order valence-electron chi connectivity index (χ4n) is 4.92. The molecule has 8 nitrogen and oxygen atoms in total. The second-order valence-corrected chi connectivity index (χ2v) is 8.28. The molecule has 0 unspecified atom stereocenters. The quantitative estimate of drug-likeness (QED) is 0.671. The van der Waals surface area contributed by atoms with Crippen LogP contribution < -0.4 is 15.0 Å². The van der Waals surface area contributed by atoms with Gasteiger partial charge in [-0.15, -0.1) is 0 Å². The van der Waals surface area contributed by atoms with E-state index in [9.17, 15) is 4.79 Å². The van der Waals surface area contributed by atoms with Crippen molar-refractivity contribution in [2.45, 2.75) is 18.3 Å². The van der Waals surface area contributed by atoms with E-state index in [1.165, 1.54) is 0 Å². The molecular formula is C23H28N6O2. The summed E-state index contributed by atoms with van der Waals surface area (Å²) in [5.41, 5.74) is 1.46. The maximum Gasteiger partial charge on any atom is 0.233 e. The molecular weight excluding hydrogens is 392 g/mol. The monoisotopic (exact) mass is 420 g/mol. The molecule has 3 aromatic rings. The van der Waals surface area contributed by atoms with Crippen LogP contribution in [-0.2, 0) is 10.2 Å². The summed E-state index contributed by atoms with van der Waals surface area (Å²) in [7, 11) is 1.67. The third-order valence-electron chi connectivity index (χ3n) is 6.71. The lowest BCUT2D eigenvalue weighted by molar-refractivity contribution is -0.139. The SMILES string of the molecule is COc1ccc(C2(C(=O)N3CCN(c4ncnc5[nH]ccc45)CC3)CCNCC2)cc1. The Morgan fingerprint density at radius 3 is 2.48 bits per heavy atom. The fraction of sp³-hybridized carbons (Fsp3) is 0.435. The molecule has 8 heteroatoms. The van der Waals surface area contributed by atoms with Crippen molar-refractivity contribution in [1.82, 2.24) is 25.2 Å². The zero-order chi connectivity index (χ0) is 21.3. The number of aromatic amines is 1. The number of H-pyrrole nitrogens is 1. The number of hydrogen-bond acceptors (Lipinski definition) is 6. The number of carbonyl (C=O) groups excluding carboxylic acids is 1. The number of benzene rings is 1. The van der Waals surface area contributed by atoms with Gasteiger partial charge in [-0.05, 0) is 49.7 Å². The Hall–Kier alpha value is -3.13. The van der Waals surface area contributed by atoms with Gasteiger partial charge in [0.15, 0.2) is 0 Å². The summed E-state index contributed by atoms with van der Waals surface area (Å²) in [5, 5.41) is 4.44. The van der Waals surface area contributed by atoms with Gasteiger partial charge >= 0.3 is 0 Å². The van der Waals surface area contributed by atoms with Crippen molar-refractivity contribution >= 4 is 22.8 Å². The summed E-state index contributed by atoms with van der Waals surface area (Å²) in [4.78, 5) is 30.1. The van der Waals surface area contributed by atoms with Gasteiger partial charge in [0.25, 0.3) is 0 Å². The van der Waals surface area contributed by atoms with Crippen LogP contribution in [0.1, 0.15) is 18.4 Å². The lowest BCUT2D eigenvalue weighted by Crippen LogP contribution is -2.57. The first-order valence-corrected chi connectivity index (χ1v) is 10.9. The van der Waals surface area contributed by atoms with Gasteiger partial charge in [0, 0.05) is 32.4 Å². The van der Waals surface area contributed by atoms with E-state index in [2.05, 4.69) is 37.3 Å². The Morgan fingerprint density at radius 2 is 1.77 bits per heavy atom. The highest BCUT2D eigenvalue weighted by Crippen LogP contribution is 2.37. The first kappa shape index (κ1) is 19.8. The van der Waals surface area contributed by atoms with Crippen molar-refractivity contribution in [3.8, 4) is 5.75 Å². The molecule has 0 aliphatic carbocycles. The van der Waals surface area contributed by atoms with Crippen molar-refractivity contribution in [1.29, 1.82) is 0 Å². The zero-order valence-electron chi connectivity index (χ0n) is 17.8. The molecule has 2 aliphatic heterocycles. The molecule has 2 fully saturated rings. The highest BCUT2D eigenvalue weighted by Gasteiger charge is 2.44. The molecule has 0 radical (unpaired) electrons. The van der Waals surface area contributed by atoms with Crippen molar-refractivity contribution in [3.05, 3.63) is 48.4 Å². The third kappa shape index (κ3) is 3.50. The largest absolute Gasteiger partial charge is 0.497 e. The topological polar surface area (TPSA) is 86.4 Å². The smallest absolute Gasteiger partial charge is 0.233 e. The van der Waals surface area contributed by atoms with Gasteiger partial charge < -0.3 is 24.8 Å². The Balaban J connectivity index is 1.35. The number of carbonyl (C=O) groups is 1. The van der Waals surface area contributed by atoms with E-state index in [4.69, 9.17) is 4.74 Å². The van der Waals surface area contributed by atoms with Crippen molar-refractivity contribution in [2.24, 2.45) is 0 Å². The Morgan fingerprint density at radius 1 is 1.03 bits per heavy atom. The van der Waals surface area contributed by atoms with Crippen LogP contribution in [-0.4, -0.2) is 72.1 Å². The van der Waals surface area contributed by atoms with Crippen LogP contribution in [0.2, 0.25) is 0 Å². The summed E-state index contributed by atoms with van der Waals surface area (Å²) in [6.45, 7) is 4.62. The summed E-state index contributed by atoms with van der Waals surface area (Å²) in [5.74, 6) is 1.99. The molecule has 1 aromatic carbocycles. The maximum atomic E-state index is 13.9. The van der Waals surface area contributed by atoms with Crippen LogP contribution >= 0.6 is 0 Å². The molecule has 0 spiro atoms. The molecule has 0 saturated carbocycles. The minimum absolute atomic E-state index is 0.244. The number of anilines is 1. The number of aromatic nitrogens is 3. The molecule has 2 aliphatic rings. The molecule has 31 heavy (non-hydrogen) atoms. The maximum absolute atomic E-state index is 13.9. The van der Waals surface area contributed by atoms with Gasteiger partial charge in [-0.3, -0.25) is 4.79 Å². The van der Waals surface area contributed by atoms with E-state index >= 15 is 0 Å². The molecule has 162 valence electrons. The van der Waals surface area contributed by atoms with E-state index in [0.29, 0.717) is 13.1 Å². The Labute approximate surface area is 181 Å². The number of nitrogens with one attached hydrogen (secondary N) is 2. The number of piperidine rings is 1. The molecule has 0 bridgehead atoms. The molecule has 2 aromatic heterocycles. The number of ether oxygens (including phenoxy) is 1.